The number of thiazole rings is 1. The minimum absolute atomic E-state index is 0. The number of carbonyl (C=O) groups is 1. The van der Waals surface area contributed by atoms with Crippen LogP contribution in [0.5, 0.6) is 0 Å². The van der Waals surface area contributed by atoms with Gasteiger partial charge < -0.3 is 10.7 Å². The molecule has 0 spiro atoms. The Morgan fingerprint density at radius 1 is 1.78 bits per heavy atom. The minimum atomic E-state index is 0. The zero-order valence-electron chi connectivity index (χ0n) is 4.50. The van der Waals surface area contributed by atoms with Crippen LogP contribution < -0.4 is 0 Å². The molecule has 1 aromatic heterocycles. The molecule has 0 saturated heterocycles. The molecule has 1 rings (SSSR count). The molecule has 0 aromatic carbocycles. The number of carbonyl (C=O) groups excluding carboxylic acids is 1. The molecule has 1 aromatic rings. The van der Waals surface area contributed by atoms with E-state index >= 15 is 0 Å². The van der Waals surface area contributed by atoms with Crippen molar-refractivity contribution >= 4 is 22.8 Å². The summed E-state index contributed by atoms with van der Waals surface area (Å²) in [5.41, 5.74) is 7.21. The normalized spacial score (nSPS) is 8.00. The van der Waals surface area contributed by atoms with Gasteiger partial charge in [0.1, 0.15) is 6.29 Å². The van der Waals surface area contributed by atoms with Crippen LogP contribution in [0.3, 0.4) is 0 Å². The number of nitrogens with one attached hydrogen (secondary N) is 1. The average molecular weight is 354 g/mol. The monoisotopic (exact) mass is 354 g/mol. The maximum absolute atomic E-state index is 9.88. The first kappa shape index (κ1) is 9.54. The summed E-state index contributed by atoms with van der Waals surface area (Å²) in [6.45, 7) is 0. The maximum Gasteiger partial charge on any atom is 0.146 e. The van der Waals surface area contributed by atoms with Crippen molar-refractivity contribution in [3.8, 4) is 0 Å². The third-order valence-electron chi connectivity index (χ3n) is 0.643. The van der Waals surface area contributed by atoms with Gasteiger partial charge in [0.25, 0.3) is 0 Å². The second kappa shape index (κ2) is 4.37. The van der Waals surface area contributed by atoms with E-state index in [0.29, 0.717) is 12.0 Å². The summed E-state index contributed by atoms with van der Waals surface area (Å²) in [7, 11) is 0. The van der Waals surface area contributed by atoms with Crippen LogP contribution in [0.1, 0.15) is 10.5 Å². The van der Waals surface area contributed by atoms with Crippen LogP contribution in [-0.2, 0) is 0 Å². The van der Waals surface area contributed by atoms with Crippen molar-refractivity contribution in [3.05, 3.63) is 16.8 Å². The van der Waals surface area contributed by atoms with Gasteiger partial charge in [-0.1, -0.05) is 0 Å². The van der Waals surface area contributed by atoms with Crippen LogP contribution in [0.2, 0.25) is 0 Å². The fourth-order valence-electron chi connectivity index (χ4n) is 0.340. The Kier molecular flexibility index (Phi) is 4.63. The summed E-state index contributed by atoms with van der Waals surface area (Å²) < 4.78 is 0. The summed E-state index contributed by atoms with van der Waals surface area (Å²) in [6, 6.07) is 0. The van der Waals surface area contributed by atoms with E-state index in [1.165, 1.54) is 0 Å². The summed E-state index contributed by atoms with van der Waals surface area (Å²) in [5.74, 6) is 0. The Hall–Kier alpha value is 0.542. The van der Waals surface area contributed by atoms with Crippen molar-refractivity contribution in [2.75, 3.05) is 0 Å². The molecule has 0 aliphatic carbocycles. The molecule has 3 nitrogen and oxygen atoms in total. The van der Waals surface area contributed by atoms with Crippen molar-refractivity contribution in [1.29, 1.82) is 0 Å². The predicted octanol–water partition coefficient (Wildman–Crippen LogP) is 1.64. The summed E-state index contributed by atoms with van der Waals surface area (Å²) in [4.78, 5) is 13.4. The average Bonchev–Trinajstić information content (AvgIpc) is 2.14. The van der Waals surface area contributed by atoms with E-state index in [4.69, 9.17) is 5.73 Å². The van der Waals surface area contributed by atoms with Crippen LogP contribution in [0.25, 0.3) is 5.73 Å². The van der Waals surface area contributed by atoms with E-state index in [0.717, 1.165) is 11.3 Å². The van der Waals surface area contributed by atoms with Crippen LogP contribution in [0.15, 0.2) is 5.38 Å². The second-order valence-electron chi connectivity index (χ2n) is 1.20. The van der Waals surface area contributed by atoms with Crippen LogP contribution >= 0.6 is 11.3 Å². The number of nitrogens with zero attached hydrogens (tertiary/aromatic N) is 1. The number of aromatic nitrogens is 1. The first-order valence-electron chi connectivity index (χ1n) is 1.95. The van der Waals surface area contributed by atoms with E-state index in [9.17, 15) is 4.79 Å². The topological polar surface area (TPSA) is 53.8 Å². The minimum Gasteiger partial charge on any atom is -0.473 e. The van der Waals surface area contributed by atoms with Gasteiger partial charge in [-0.25, -0.2) is 0 Å². The van der Waals surface area contributed by atoms with E-state index in [1.54, 1.807) is 5.38 Å². The Labute approximate surface area is 92.2 Å². The fraction of sp³-hybridized carbons (Fsp3) is 0. The molecule has 9 heavy (non-hydrogen) atoms. The third kappa shape index (κ3) is 2.74. The molecule has 1 N–H and O–H groups in total. The van der Waals surface area contributed by atoms with Crippen LogP contribution in [0, 0.1) is 44.1 Å². The molecule has 1 radical (unpaired) electrons. The van der Waals surface area contributed by atoms with Crippen molar-refractivity contribution in [1.82, 2.24) is 4.98 Å². The molecule has 1 heterocycles. The predicted molar refractivity (Wildman–Crippen MR) is 31.5 cm³/mol. The quantitative estimate of drug-likeness (QED) is 0.720. The van der Waals surface area contributed by atoms with Crippen molar-refractivity contribution in [3.63, 3.8) is 0 Å². The smallest absolute Gasteiger partial charge is 0.146 e. The Morgan fingerprint density at radius 2 is 2.44 bits per heavy atom. The van der Waals surface area contributed by atoms with Gasteiger partial charge in [-0.3, -0.25) is 4.79 Å². The molecule has 0 unspecified atom stereocenters. The number of hydrogen-bond acceptors (Lipinski definition) is 3. The molecule has 0 atom stereocenters. The largest absolute Gasteiger partial charge is 0.473 e. The summed E-state index contributed by atoms with van der Waals surface area (Å²) in [6.07, 6.45) is 0.633. The van der Waals surface area contributed by atoms with Gasteiger partial charge in [-0.2, -0.15) is 11.3 Å². The van der Waals surface area contributed by atoms with Gasteiger partial charge in [-0.05, 0) is 10.5 Å². The molecular weight excluding hydrogens is 351 g/mol. The van der Waals surface area contributed by atoms with Gasteiger partial charge in [-0.15, -0.1) is 0 Å². The molecule has 0 aliphatic heterocycles. The van der Waals surface area contributed by atoms with E-state index in [-0.39, 0.29) is 49.2 Å². The Balaban J connectivity index is 0.000000640. The molecule has 45 valence electrons. The van der Waals surface area contributed by atoms with Gasteiger partial charge in [0.15, 0.2) is 0 Å². The summed E-state index contributed by atoms with van der Waals surface area (Å²) in [5, 5.41) is 1.74. The first-order chi connectivity index (χ1) is 3.83. The van der Waals surface area contributed by atoms with Crippen LogP contribution in [0.4, 0.5) is 5.13 Å². The molecule has 5 heteroatoms. The van der Waals surface area contributed by atoms with Gasteiger partial charge in [0.2, 0.25) is 0 Å². The number of aldehydes is 1. The van der Waals surface area contributed by atoms with Gasteiger partial charge in [0.05, 0.1) is 0 Å². The van der Waals surface area contributed by atoms with Crippen molar-refractivity contribution in [2.24, 2.45) is 0 Å². The van der Waals surface area contributed by atoms with Crippen molar-refractivity contribution < 1.29 is 48.9 Å². The van der Waals surface area contributed by atoms with E-state index in [2.05, 4.69) is 4.98 Å². The van der Waals surface area contributed by atoms with Crippen molar-refractivity contribution in [2.45, 2.75) is 0 Å². The van der Waals surface area contributed by atoms with Crippen LogP contribution in [-0.4, -0.2) is 11.3 Å². The second-order valence-corrected chi connectivity index (χ2v) is 2.05. The number of rotatable bonds is 1. The molecule has 0 amide bonds. The molecule has 0 fully saturated rings. The van der Waals surface area contributed by atoms with Gasteiger partial charge in [0, 0.05) is 49.8 Å². The Bertz CT molecular complexity index is 200. The molecule has 0 bridgehead atoms. The SMILES string of the molecule is [Ac].[NH-]c1nc(C=O)cs1. The van der Waals surface area contributed by atoms with Gasteiger partial charge >= 0.3 is 0 Å². The molecule has 0 aliphatic rings. The summed E-state index contributed by atoms with van der Waals surface area (Å²) >= 11 is 1.15. The standard InChI is InChI=1S/C4H3N2OS.Ac/c5-4-6-3(1-7)2-8-4;/h1-2H,(H-,5,6);/q-1;. The van der Waals surface area contributed by atoms with E-state index < -0.39 is 0 Å². The number of hydrogen-bond donors (Lipinski definition) is 0. The maximum atomic E-state index is 9.88. The third-order valence-corrected chi connectivity index (χ3v) is 1.32. The molecular formula is C4H3AcN2OS-. The Morgan fingerprint density at radius 3 is 2.67 bits per heavy atom. The van der Waals surface area contributed by atoms with E-state index in [1.807, 2.05) is 0 Å². The zero-order valence-corrected chi connectivity index (χ0v) is 10.1. The fourth-order valence-corrected chi connectivity index (χ4v) is 0.839. The zero-order chi connectivity index (χ0) is 5.98. The molecule has 0 saturated carbocycles. The first-order valence-corrected chi connectivity index (χ1v) is 2.83.